The molecule has 0 bridgehead atoms. The van der Waals surface area contributed by atoms with E-state index < -0.39 is 0 Å². The number of carbonyl (C=O) groups excluding carboxylic acids is 1. The quantitative estimate of drug-likeness (QED) is 0.254. The zero-order chi connectivity index (χ0) is 20.5. The number of hydrogen-bond acceptors (Lipinski definition) is 3. The minimum Gasteiger partial charge on any atom is -0.497 e. The average molecular weight is 522 g/mol. The number of ether oxygens (including phenoxy) is 1. The Bertz CT molecular complexity index is 812. The van der Waals surface area contributed by atoms with Crippen LogP contribution in [-0.4, -0.2) is 57.1 Å². The highest BCUT2D eigenvalue weighted by molar-refractivity contribution is 14.0. The van der Waals surface area contributed by atoms with Crippen molar-refractivity contribution in [2.24, 2.45) is 10.9 Å². The summed E-state index contributed by atoms with van der Waals surface area (Å²) in [6.45, 7) is 3.18. The molecule has 1 aliphatic rings. The minimum absolute atomic E-state index is 0. The lowest BCUT2D eigenvalue weighted by molar-refractivity contribution is 0.0954. The van der Waals surface area contributed by atoms with Gasteiger partial charge in [-0.05, 0) is 48.6 Å². The van der Waals surface area contributed by atoms with E-state index >= 15 is 0 Å². The molecular weight excluding hydrogens is 491 g/mol. The molecule has 0 radical (unpaired) electrons. The molecule has 2 N–H and O–H groups in total. The second-order valence-electron chi connectivity index (χ2n) is 7.25. The second kappa shape index (κ2) is 12.4. The van der Waals surface area contributed by atoms with Crippen LogP contribution in [0.25, 0.3) is 0 Å². The smallest absolute Gasteiger partial charge is 0.251 e. The fraction of sp³-hybridized carbons (Fsp3) is 0.391. The highest BCUT2D eigenvalue weighted by Crippen LogP contribution is 2.20. The number of hydrogen-bond donors (Lipinski definition) is 2. The number of nitrogens with one attached hydrogen (secondary N) is 2. The van der Waals surface area contributed by atoms with Crippen molar-refractivity contribution in [1.29, 1.82) is 0 Å². The van der Waals surface area contributed by atoms with Crippen LogP contribution in [0.1, 0.15) is 22.3 Å². The molecule has 1 aliphatic heterocycles. The summed E-state index contributed by atoms with van der Waals surface area (Å²) in [5.74, 6) is 2.20. The maximum absolute atomic E-state index is 12.2. The van der Waals surface area contributed by atoms with Crippen molar-refractivity contribution in [3.8, 4) is 5.75 Å². The largest absolute Gasteiger partial charge is 0.497 e. The maximum Gasteiger partial charge on any atom is 0.251 e. The molecule has 1 saturated heterocycles. The van der Waals surface area contributed by atoms with Gasteiger partial charge in [0.25, 0.3) is 5.91 Å². The number of aliphatic imine (C=N–C) groups is 1. The van der Waals surface area contributed by atoms with Gasteiger partial charge < -0.3 is 20.3 Å². The van der Waals surface area contributed by atoms with Crippen molar-refractivity contribution in [3.05, 3.63) is 65.7 Å². The van der Waals surface area contributed by atoms with E-state index in [2.05, 4.69) is 50.9 Å². The summed E-state index contributed by atoms with van der Waals surface area (Å²) >= 11 is 0. The molecule has 0 aromatic heterocycles. The topological polar surface area (TPSA) is 66.0 Å². The first kappa shape index (κ1) is 24.0. The Morgan fingerprint density at radius 1 is 1.10 bits per heavy atom. The van der Waals surface area contributed by atoms with E-state index in [0.717, 1.165) is 31.2 Å². The molecule has 0 spiro atoms. The monoisotopic (exact) mass is 522 g/mol. The number of guanidine groups is 1. The molecule has 7 heteroatoms. The third-order valence-corrected chi connectivity index (χ3v) is 5.21. The number of nitrogens with zero attached hydrogens (tertiary/aromatic N) is 2. The standard InChI is InChI=1S/C23H30N4O2.HI/c1-24-23(27-15-12-19(17-27)16-18-6-4-3-5-7-18)26-14-13-25-22(28)20-8-10-21(29-2)11-9-20;/h3-11,19H,12-17H2,1-2H3,(H,24,26)(H,25,28);1H. The van der Waals surface area contributed by atoms with Crippen LogP contribution in [0.2, 0.25) is 0 Å². The molecular formula is C23H31IN4O2. The van der Waals surface area contributed by atoms with Crippen LogP contribution < -0.4 is 15.4 Å². The van der Waals surface area contributed by atoms with E-state index in [1.54, 1.807) is 31.4 Å². The van der Waals surface area contributed by atoms with Gasteiger partial charge in [0.1, 0.15) is 5.75 Å². The first-order valence-corrected chi connectivity index (χ1v) is 10.1. The molecule has 0 saturated carbocycles. The van der Waals surface area contributed by atoms with Gasteiger partial charge in [-0.2, -0.15) is 0 Å². The summed E-state index contributed by atoms with van der Waals surface area (Å²) in [6.07, 6.45) is 2.27. The number of halogens is 1. The molecule has 2 aromatic carbocycles. The Balaban J connectivity index is 0.00000320. The van der Waals surface area contributed by atoms with Gasteiger partial charge in [0.2, 0.25) is 0 Å². The zero-order valence-corrected chi connectivity index (χ0v) is 20.0. The lowest BCUT2D eigenvalue weighted by Crippen LogP contribution is -2.43. The van der Waals surface area contributed by atoms with Crippen LogP contribution in [0.4, 0.5) is 0 Å². The van der Waals surface area contributed by atoms with E-state index in [4.69, 9.17) is 4.74 Å². The summed E-state index contributed by atoms with van der Waals surface area (Å²) in [6, 6.07) is 17.7. The molecule has 1 amide bonds. The van der Waals surface area contributed by atoms with Crippen molar-refractivity contribution < 1.29 is 9.53 Å². The van der Waals surface area contributed by atoms with Crippen molar-refractivity contribution in [1.82, 2.24) is 15.5 Å². The van der Waals surface area contributed by atoms with Crippen molar-refractivity contribution in [3.63, 3.8) is 0 Å². The SMILES string of the molecule is CN=C(NCCNC(=O)c1ccc(OC)cc1)N1CCC(Cc2ccccc2)C1.I. The Kier molecular flexibility index (Phi) is 9.93. The third kappa shape index (κ3) is 6.90. The summed E-state index contributed by atoms with van der Waals surface area (Å²) in [5, 5.41) is 6.29. The Morgan fingerprint density at radius 3 is 2.47 bits per heavy atom. The van der Waals surface area contributed by atoms with Gasteiger partial charge in [-0.3, -0.25) is 9.79 Å². The van der Waals surface area contributed by atoms with E-state index in [1.807, 2.05) is 7.05 Å². The van der Waals surface area contributed by atoms with Crippen LogP contribution in [0.5, 0.6) is 5.75 Å². The number of methoxy groups -OCH3 is 1. The summed E-state index contributed by atoms with van der Waals surface area (Å²) < 4.78 is 5.12. The van der Waals surface area contributed by atoms with Gasteiger partial charge in [-0.25, -0.2) is 0 Å². The van der Waals surface area contributed by atoms with E-state index in [1.165, 1.54) is 12.0 Å². The number of rotatable bonds is 7. The van der Waals surface area contributed by atoms with Crippen LogP contribution in [0, 0.1) is 5.92 Å². The molecule has 2 aromatic rings. The molecule has 3 rings (SSSR count). The fourth-order valence-corrected chi connectivity index (χ4v) is 3.67. The number of amides is 1. The van der Waals surface area contributed by atoms with Crippen LogP contribution in [-0.2, 0) is 6.42 Å². The van der Waals surface area contributed by atoms with Gasteiger partial charge in [-0.15, -0.1) is 24.0 Å². The van der Waals surface area contributed by atoms with Crippen molar-refractivity contribution in [2.75, 3.05) is 40.3 Å². The van der Waals surface area contributed by atoms with Crippen molar-refractivity contribution in [2.45, 2.75) is 12.8 Å². The van der Waals surface area contributed by atoms with Gasteiger partial charge >= 0.3 is 0 Å². The predicted molar refractivity (Wildman–Crippen MR) is 132 cm³/mol. The normalized spacial score (nSPS) is 16.0. The molecule has 0 aliphatic carbocycles. The Labute approximate surface area is 196 Å². The van der Waals surface area contributed by atoms with E-state index in [0.29, 0.717) is 24.6 Å². The number of carbonyl (C=O) groups is 1. The van der Waals surface area contributed by atoms with Crippen molar-refractivity contribution >= 4 is 35.8 Å². The van der Waals surface area contributed by atoms with Gasteiger partial charge in [0.15, 0.2) is 5.96 Å². The van der Waals surface area contributed by atoms with E-state index in [-0.39, 0.29) is 29.9 Å². The lowest BCUT2D eigenvalue weighted by atomic mass is 9.99. The highest BCUT2D eigenvalue weighted by atomic mass is 127. The average Bonchev–Trinajstić information content (AvgIpc) is 3.22. The Morgan fingerprint density at radius 2 is 1.80 bits per heavy atom. The highest BCUT2D eigenvalue weighted by Gasteiger charge is 2.24. The molecule has 30 heavy (non-hydrogen) atoms. The first-order chi connectivity index (χ1) is 14.2. The van der Waals surface area contributed by atoms with Gasteiger partial charge in [0.05, 0.1) is 7.11 Å². The summed E-state index contributed by atoms with van der Waals surface area (Å²) in [4.78, 5) is 18.9. The van der Waals surface area contributed by atoms with Crippen LogP contribution >= 0.6 is 24.0 Å². The Hall–Kier alpha value is -2.29. The van der Waals surface area contributed by atoms with Gasteiger partial charge in [-0.1, -0.05) is 30.3 Å². The van der Waals surface area contributed by atoms with Crippen LogP contribution in [0.15, 0.2) is 59.6 Å². The maximum atomic E-state index is 12.2. The summed E-state index contributed by atoms with van der Waals surface area (Å²) in [5.41, 5.74) is 2.02. The minimum atomic E-state index is -0.0893. The molecule has 1 heterocycles. The zero-order valence-electron chi connectivity index (χ0n) is 17.6. The number of benzene rings is 2. The predicted octanol–water partition coefficient (Wildman–Crippen LogP) is 3.18. The van der Waals surface area contributed by atoms with Gasteiger partial charge in [0, 0.05) is 38.8 Å². The first-order valence-electron chi connectivity index (χ1n) is 10.1. The third-order valence-electron chi connectivity index (χ3n) is 5.21. The van der Waals surface area contributed by atoms with Crippen LogP contribution in [0.3, 0.4) is 0 Å². The molecule has 1 atom stereocenters. The second-order valence-corrected chi connectivity index (χ2v) is 7.25. The fourth-order valence-electron chi connectivity index (χ4n) is 3.67. The lowest BCUT2D eigenvalue weighted by Gasteiger charge is -2.22. The molecule has 162 valence electrons. The molecule has 1 unspecified atom stereocenters. The number of likely N-dealkylation sites (tertiary alicyclic amines) is 1. The summed E-state index contributed by atoms with van der Waals surface area (Å²) in [7, 11) is 3.42. The molecule has 6 nitrogen and oxygen atoms in total. The molecule has 1 fully saturated rings. The van der Waals surface area contributed by atoms with E-state index in [9.17, 15) is 4.79 Å².